The third-order valence-electron chi connectivity index (χ3n) is 6.39. The number of para-hydroxylation sites is 1. The number of carbonyl (C=O) groups is 1. The standard InChI is InChI=1S/C22H31N3O2/c26-16-19-15-25(14-18(19)13-24-10-4-1-5-11-24)22(27)9-8-17-12-23-21-7-3-2-6-20(17)21/h2-3,6-7,12,18-19,23,26H,1,4-5,8-11,13-16H2/t18-,19-/m1/s1. The van der Waals surface area contributed by atoms with E-state index in [1.54, 1.807) is 0 Å². The number of rotatable bonds is 6. The maximum Gasteiger partial charge on any atom is 0.222 e. The number of nitrogens with one attached hydrogen (secondary N) is 1. The molecule has 5 heteroatoms. The van der Waals surface area contributed by atoms with Gasteiger partial charge in [0.2, 0.25) is 5.91 Å². The van der Waals surface area contributed by atoms with E-state index < -0.39 is 0 Å². The number of nitrogens with zero attached hydrogens (tertiary/aromatic N) is 2. The lowest BCUT2D eigenvalue weighted by molar-refractivity contribution is -0.130. The zero-order valence-electron chi connectivity index (χ0n) is 16.1. The molecular formula is C22H31N3O2. The molecular weight excluding hydrogens is 338 g/mol. The monoisotopic (exact) mass is 369 g/mol. The molecule has 0 unspecified atom stereocenters. The molecule has 1 amide bonds. The third-order valence-corrected chi connectivity index (χ3v) is 6.39. The Morgan fingerprint density at radius 2 is 1.89 bits per heavy atom. The molecule has 3 heterocycles. The normalized spacial score (nSPS) is 24.0. The average molecular weight is 370 g/mol. The first-order valence-corrected chi connectivity index (χ1v) is 10.4. The Kier molecular flexibility index (Phi) is 5.79. The molecule has 1 aromatic carbocycles. The number of amides is 1. The van der Waals surface area contributed by atoms with Crippen molar-refractivity contribution in [2.45, 2.75) is 32.1 Å². The van der Waals surface area contributed by atoms with Crippen molar-refractivity contribution in [2.24, 2.45) is 11.8 Å². The van der Waals surface area contributed by atoms with Crippen LogP contribution in [0.4, 0.5) is 0 Å². The van der Waals surface area contributed by atoms with Gasteiger partial charge in [0.15, 0.2) is 0 Å². The Balaban J connectivity index is 1.33. The van der Waals surface area contributed by atoms with Crippen LogP contribution in [-0.4, -0.2) is 65.1 Å². The van der Waals surface area contributed by atoms with Crippen LogP contribution < -0.4 is 0 Å². The van der Waals surface area contributed by atoms with Gasteiger partial charge in [0, 0.05) is 55.7 Å². The summed E-state index contributed by atoms with van der Waals surface area (Å²) in [7, 11) is 0. The Hall–Kier alpha value is -1.85. The van der Waals surface area contributed by atoms with Gasteiger partial charge >= 0.3 is 0 Å². The number of aromatic amines is 1. The van der Waals surface area contributed by atoms with Gasteiger partial charge in [-0.05, 0) is 49.9 Å². The molecule has 2 saturated heterocycles. The summed E-state index contributed by atoms with van der Waals surface area (Å²) in [5.74, 6) is 0.856. The van der Waals surface area contributed by atoms with Crippen LogP contribution in [0, 0.1) is 11.8 Å². The van der Waals surface area contributed by atoms with Crippen LogP contribution in [-0.2, 0) is 11.2 Å². The van der Waals surface area contributed by atoms with Crippen LogP contribution in [0.3, 0.4) is 0 Å². The number of H-pyrrole nitrogens is 1. The van der Waals surface area contributed by atoms with E-state index in [9.17, 15) is 9.90 Å². The van der Waals surface area contributed by atoms with Crippen molar-refractivity contribution in [3.8, 4) is 0 Å². The topological polar surface area (TPSA) is 59.6 Å². The van der Waals surface area contributed by atoms with Crippen molar-refractivity contribution in [2.75, 3.05) is 39.3 Å². The number of piperidine rings is 1. The molecule has 0 saturated carbocycles. The van der Waals surface area contributed by atoms with Gasteiger partial charge in [-0.1, -0.05) is 24.6 Å². The summed E-state index contributed by atoms with van der Waals surface area (Å²) in [5, 5.41) is 11.0. The van der Waals surface area contributed by atoms with Crippen molar-refractivity contribution in [3.05, 3.63) is 36.0 Å². The molecule has 2 aliphatic rings. The van der Waals surface area contributed by atoms with E-state index in [0.717, 1.165) is 25.0 Å². The van der Waals surface area contributed by atoms with Gasteiger partial charge in [0.1, 0.15) is 0 Å². The van der Waals surface area contributed by atoms with E-state index in [1.165, 1.54) is 43.3 Å². The number of aromatic nitrogens is 1. The van der Waals surface area contributed by atoms with Gasteiger partial charge in [0.25, 0.3) is 0 Å². The second-order valence-electron chi connectivity index (χ2n) is 8.22. The summed E-state index contributed by atoms with van der Waals surface area (Å²) in [5.41, 5.74) is 2.34. The Bertz CT molecular complexity index is 766. The van der Waals surface area contributed by atoms with Crippen LogP contribution >= 0.6 is 0 Å². The zero-order valence-corrected chi connectivity index (χ0v) is 16.1. The molecule has 0 bridgehead atoms. The molecule has 27 heavy (non-hydrogen) atoms. The maximum atomic E-state index is 12.8. The highest BCUT2D eigenvalue weighted by Gasteiger charge is 2.35. The smallest absolute Gasteiger partial charge is 0.222 e. The first-order valence-electron chi connectivity index (χ1n) is 10.4. The van der Waals surface area contributed by atoms with Crippen molar-refractivity contribution < 1.29 is 9.90 Å². The molecule has 2 aromatic rings. The number of aliphatic hydroxyl groups excluding tert-OH is 1. The Labute approximate surface area is 161 Å². The number of carbonyl (C=O) groups excluding carboxylic acids is 1. The van der Waals surface area contributed by atoms with Gasteiger partial charge in [-0.15, -0.1) is 0 Å². The molecule has 0 aliphatic carbocycles. The highest BCUT2D eigenvalue weighted by atomic mass is 16.3. The fraction of sp³-hybridized carbons (Fsp3) is 0.591. The highest BCUT2D eigenvalue weighted by molar-refractivity contribution is 5.84. The van der Waals surface area contributed by atoms with E-state index in [0.29, 0.717) is 18.9 Å². The summed E-state index contributed by atoms with van der Waals surface area (Å²) in [6.45, 7) is 5.06. The largest absolute Gasteiger partial charge is 0.396 e. The van der Waals surface area contributed by atoms with E-state index in [4.69, 9.17) is 0 Å². The highest BCUT2D eigenvalue weighted by Crippen LogP contribution is 2.26. The number of aryl methyl sites for hydroxylation is 1. The number of fused-ring (bicyclic) bond motifs is 1. The first kappa shape index (κ1) is 18.5. The lowest BCUT2D eigenvalue weighted by Crippen LogP contribution is -2.37. The first-order chi connectivity index (χ1) is 13.2. The summed E-state index contributed by atoms with van der Waals surface area (Å²) in [4.78, 5) is 20.6. The maximum absolute atomic E-state index is 12.8. The van der Waals surface area contributed by atoms with E-state index >= 15 is 0 Å². The molecule has 146 valence electrons. The van der Waals surface area contributed by atoms with Crippen LogP contribution in [0.1, 0.15) is 31.2 Å². The Morgan fingerprint density at radius 1 is 1.11 bits per heavy atom. The van der Waals surface area contributed by atoms with E-state index in [2.05, 4.69) is 22.0 Å². The fourth-order valence-corrected chi connectivity index (χ4v) is 4.77. The summed E-state index contributed by atoms with van der Waals surface area (Å²) >= 11 is 0. The molecule has 2 N–H and O–H groups in total. The SMILES string of the molecule is O=C(CCc1c[nH]c2ccccc12)N1C[C@@H](CN2CCCCC2)[C@@H](CO)C1. The summed E-state index contributed by atoms with van der Waals surface area (Å²) in [6, 6.07) is 8.24. The third kappa shape index (κ3) is 4.19. The quantitative estimate of drug-likeness (QED) is 0.823. The van der Waals surface area contributed by atoms with Crippen molar-refractivity contribution >= 4 is 16.8 Å². The van der Waals surface area contributed by atoms with Crippen LogP contribution in [0.2, 0.25) is 0 Å². The van der Waals surface area contributed by atoms with Crippen molar-refractivity contribution in [3.63, 3.8) is 0 Å². The lowest BCUT2D eigenvalue weighted by Gasteiger charge is -2.30. The van der Waals surface area contributed by atoms with Gasteiger partial charge in [-0.25, -0.2) is 0 Å². The molecule has 0 radical (unpaired) electrons. The number of likely N-dealkylation sites (tertiary alicyclic amines) is 2. The van der Waals surface area contributed by atoms with Gasteiger partial charge in [0.05, 0.1) is 0 Å². The lowest BCUT2D eigenvalue weighted by atomic mass is 9.95. The second-order valence-corrected chi connectivity index (χ2v) is 8.22. The van der Waals surface area contributed by atoms with Crippen molar-refractivity contribution in [1.82, 2.24) is 14.8 Å². The van der Waals surface area contributed by atoms with Crippen LogP contribution in [0.15, 0.2) is 30.5 Å². The molecule has 1 aromatic heterocycles. The predicted octanol–water partition coefficient (Wildman–Crippen LogP) is 2.65. The van der Waals surface area contributed by atoms with Crippen molar-refractivity contribution in [1.29, 1.82) is 0 Å². The van der Waals surface area contributed by atoms with Gasteiger partial charge < -0.3 is 19.9 Å². The van der Waals surface area contributed by atoms with Gasteiger partial charge in [-0.3, -0.25) is 4.79 Å². The minimum absolute atomic E-state index is 0.185. The zero-order chi connectivity index (χ0) is 18.6. The number of hydrogen-bond acceptors (Lipinski definition) is 3. The molecule has 2 atom stereocenters. The van der Waals surface area contributed by atoms with E-state index in [1.807, 2.05) is 23.2 Å². The fourth-order valence-electron chi connectivity index (χ4n) is 4.77. The molecule has 2 aliphatic heterocycles. The van der Waals surface area contributed by atoms with Crippen LogP contribution in [0.5, 0.6) is 0 Å². The molecule has 0 spiro atoms. The minimum Gasteiger partial charge on any atom is -0.396 e. The average Bonchev–Trinajstić information content (AvgIpc) is 3.31. The summed E-state index contributed by atoms with van der Waals surface area (Å²) < 4.78 is 0. The molecule has 4 rings (SSSR count). The number of benzene rings is 1. The van der Waals surface area contributed by atoms with E-state index in [-0.39, 0.29) is 18.4 Å². The second kappa shape index (κ2) is 8.44. The molecule has 5 nitrogen and oxygen atoms in total. The summed E-state index contributed by atoms with van der Waals surface area (Å²) in [6.07, 6.45) is 7.23. The molecule has 2 fully saturated rings. The van der Waals surface area contributed by atoms with Crippen LogP contribution in [0.25, 0.3) is 10.9 Å². The number of aliphatic hydroxyl groups is 1. The predicted molar refractivity (Wildman–Crippen MR) is 108 cm³/mol. The number of hydrogen-bond donors (Lipinski definition) is 2. The minimum atomic E-state index is 0.185. The van der Waals surface area contributed by atoms with Gasteiger partial charge in [-0.2, -0.15) is 0 Å². The Morgan fingerprint density at radius 3 is 2.70 bits per heavy atom.